The van der Waals surface area contributed by atoms with Crippen molar-refractivity contribution in [1.29, 1.82) is 0 Å². The first kappa shape index (κ1) is 13.1. The van der Waals surface area contributed by atoms with E-state index in [-0.39, 0.29) is 5.13 Å². The van der Waals surface area contributed by atoms with E-state index in [1.165, 1.54) is 11.9 Å². The normalized spacial score (nSPS) is 25.1. The Morgan fingerprint density at radius 1 is 1.50 bits per heavy atom. The zero-order valence-electron chi connectivity index (χ0n) is 9.47. The smallest absolute Gasteiger partial charge is 0.371 e. The number of likely N-dealkylation sites (N-methyl/N-ethyl adjacent to an activating group) is 1. The van der Waals surface area contributed by atoms with Crippen molar-refractivity contribution in [3.05, 3.63) is 11.1 Å². The number of hydrogen-bond acceptors (Lipinski definition) is 4. The van der Waals surface area contributed by atoms with Crippen molar-refractivity contribution in [2.24, 2.45) is 0 Å². The standard InChI is InChI=1S/C9H10F3N3O2S/c1-4-6(16)15(8(17)14(4)2)7-13-3-5(18-7)9(10,11)12/h3-4,6,16H,1-2H3/t4-,6?/m1/s1. The van der Waals surface area contributed by atoms with Gasteiger partial charge in [0.25, 0.3) is 0 Å². The molecule has 18 heavy (non-hydrogen) atoms. The fourth-order valence-electron chi connectivity index (χ4n) is 1.58. The number of nitrogens with zero attached hydrogens (tertiary/aromatic N) is 3. The molecule has 1 saturated heterocycles. The van der Waals surface area contributed by atoms with E-state index >= 15 is 0 Å². The molecule has 0 aromatic carbocycles. The molecule has 0 spiro atoms. The molecular formula is C9H10F3N3O2S. The number of anilines is 1. The Morgan fingerprint density at radius 3 is 2.50 bits per heavy atom. The Labute approximate surface area is 104 Å². The average Bonchev–Trinajstić information content (AvgIpc) is 2.81. The van der Waals surface area contributed by atoms with Gasteiger partial charge in [-0.2, -0.15) is 13.2 Å². The van der Waals surface area contributed by atoms with Crippen molar-refractivity contribution >= 4 is 22.5 Å². The van der Waals surface area contributed by atoms with Crippen LogP contribution in [-0.4, -0.2) is 40.3 Å². The number of aromatic nitrogens is 1. The van der Waals surface area contributed by atoms with E-state index in [9.17, 15) is 23.1 Å². The van der Waals surface area contributed by atoms with Crippen LogP contribution in [0.1, 0.15) is 11.8 Å². The molecule has 0 bridgehead atoms. The van der Waals surface area contributed by atoms with Crippen molar-refractivity contribution in [3.8, 4) is 0 Å². The SMILES string of the molecule is C[C@@H]1C(O)N(c2ncc(C(F)(F)F)s2)C(=O)N1C. The van der Waals surface area contributed by atoms with Gasteiger partial charge in [-0.15, -0.1) is 0 Å². The molecule has 1 aromatic heterocycles. The van der Waals surface area contributed by atoms with Gasteiger partial charge >= 0.3 is 12.2 Å². The molecule has 2 heterocycles. The molecule has 0 radical (unpaired) electrons. The second-order valence-electron chi connectivity index (χ2n) is 3.92. The number of alkyl halides is 3. The van der Waals surface area contributed by atoms with Gasteiger partial charge in [0.2, 0.25) is 0 Å². The van der Waals surface area contributed by atoms with Crippen LogP contribution in [0.2, 0.25) is 0 Å². The van der Waals surface area contributed by atoms with Gasteiger partial charge in [0, 0.05) is 7.05 Å². The molecule has 2 atom stereocenters. The van der Waals surface area contributed by atoms with Crippen LogP contribution in [0.15, 0.2) is 6.20 Å². The maximum absolute atomic E-state index is 12.4. The molecule has 0 aliphatic carbocycles. The summed E-state index contributed by atoms with van der Waals surface area (Å²) in [6, 6.07) is -1.08. The third kappa shape index (κ3) is 1.93. The fraction of sp³-hybridized carbons (Fsp3) is 0.556. The maximum Gasteiger partial charge on any atom is 0.427 e. The molecule has 1 fully saturated rings. The van der Waals surface area contributed by atoms with Crippen LogP contribution in [0.3, 0.4) is 0 Å². The summed E-state index contributed by atoms with van der Waals surface area (Å²) in [4.78, 5) is 16.5. The van der Waals surface area contributed by atoms with Crippen LogP contribution in [-0.2, 0) is 6.18 Å². The average molecular weight is 281 g/mol. The van der Waals surface area contributed by atoms with E-state index in [1.54, 1.807) is 6.92 Å². The minimum Gasteiger partial charge on any atom is -0.371 e. The largest absolute Gasteiger partial charge is 0.427 e. The van der Waals surface area contributed by atoms with E-state index in [2.05, 4.69) is 4.98 Å². The van der Waals surface area contributed by atoms with Crippen LogP contribution < -0.4 is 4.90 Å². The number of aliphatic hydroxyl groups is 1. The van der Waals surface area contributed by atoms with Crippen molar-refractivity contribution in [3.63, 3.8) is 0 Å². The number of halogens is 3. The summed E-state index contributed by atoms with van der Waals surface area (Å²) >= 11 is 0.331. The first-order valence-corrected chi connectivity index (χ1v) is 5.82. The zero-order valence-corrected chi connectivity index (χ0v) is 10.3. The number of carbonyl (C=O) groups is 1. The molecule has 2 rings (SSSR count). The van der Waals surface area contributed by atoms with Crippen molar-refractivity contribution < 1.29 is 23.1 Å². The zero-order chi connectivity index (χ0) is 13.7. The lowest BCUT2D eigenvalue weighted by molar-refractivity contribution is -0.134. The minimum atomic E-state index is -4.50. The number of thiazole rings is 1. The van der Waals surface area contributed by atoms with Gasteiger partial charge < -0.3 is 10.0 Å². The summed E-state index contributed by atoms with van der Waals surface area (Å²) in [5, 5.41) is 9.66. The van der Waals surface area contributed by atoms with E-state index < -0.39 is 29.4 Å². The molecular weight excluding hydrogens is 271 g/mol. The van der Waals surface area contributed by atoms with Crippen molar-refractivity contribution in [1.82, 2.24) is 9.88 Å². The van der Waals surface area contributed by atoms with E-state index in [0.717, 1.165) is 4.90 Å². The molecule has 1 aromatic rings. The third-order valence-corrected chi connectivity index (χ3v) is 3.84. The monoisotopic (exact) mass is 281 g/mol. The number of carbonyl (C=O) groups excluding carboxylic acids is 1. The maximum atomic E-state index is 12.4. The van der Waals surface area contributed by atoms with Crippen molar-refractivity contribution in [2.45, 2.75) is 25.4 Å². The lowest BCUT2D eigenvalue weighted by Gasteiger charge is -2.16. The number of hydrogen-bond donors (Lipinski definition) is 1. The van der Waals surface area contributed by atoms with Crippen LogP contribution in [0.25, 0.3) is 0 Å². The topological polar surface area (TPSA) is 56.7 Å². The number of urea groups is 1. The number of aliphatic hydroxyl groups excluding tert-OH is 1. The van der Waals surface area contributed by atoms with Crippen molar-refractivity contribution in [2.75, 3.05) is 11.9 Å². The molecule has 0 saturated carbocycles. The lowest BCUT2D eigenvalue weighted by atomic mass is 10.3. The highest BCUT2D eigenvalue weighted by atomic mass is 32.1. The summed E-state index contributed by atoms with van der Waals surface area (Å²) in [5.41, 5.74) is 0. The van der Waals surface area contributed by atoms with Gasteiger partial charge in [-0.05, 0) is 6.92 Å². The van der Waals surface area contributed by atoms with E-state index in [1.807, 2.05) is 0 Å². The minimum absolute atomic E-state index is 0.156. The van der Waals surface area contributed by atoms with Crippen LogP contribution in [0.4, 0.5) is 23.1 Å². The molecule has 1 aliphatic heterocycles. The second-order valence-corrected chi connectivity index (χ2v) is 4.93. The van der Waals surface area contributed by atoms with Crippen LogP contribution >= 0.6 is 11.3 Å². The van der Waals surface area contributed by atoms with Gasteiger partial charge in [0.05, 0.1) is 12.2 Å². The highest BCUT2D eigenvalue weighted by Gasteiger charge is 2.43. The van der Waals surface area contributed by atoms with E-state index in [0.29, 0.717) is 17.5 Å². The lowest BCUT2D eigenvalue weighted by Crippen LogP contribution is -2.35. The van der Waals surface area contributed by atoms with Crippen LogP contribution in [0, 0.1) is 0 Å². The third-order valence-electron chi connectivity index (χ3n) is 2.79. The summed E-state index contributed by atoms with van der Waals surface area (Å²) in [6.45, 7) is 1.60. The highest BCUT2D eigenvalue weighted by molar-refractivity contribution is 7.15. The molecule has 2 amide bonds. The Balaban J connectivity index is 2.33. The molecule has 5 nitrogen and oxygen atoms in total. The summed E-state index contributed by atoms with van der Waals surface area (Å²) in [5.74, 6) is 0. The predicted molar refractivity (Wildman–Crippen MR) is 58.2 cm³/mol. The predicted octanol–water partition coefficient (Wildman–Crippen LogP) is 1.74. The first-order valence-electron chi connectivity index (χ1n) is 5.00. The molecule has 100 valence electrons. The van der Waals surface area contributed by atoms with Gasteiger partial charge in [-0.1, -0.05) is 11.3 Å². The Kier molecular flexibility index (Phi) is 2.98. The van der Waals surface area contributed by atoms with Crippen LogP contribution in [0.5, 0.6) is 0 Å². The number of rotatable bonds is 1. The Morgan fingerprint density at radius 2 is 2.11 bits per heavy atom. The van der Waals surface area contributed by atoms with E-state index in [4.69, 9.17) is 0 Å². The molecule has 1 unspecified atom stereocenters. The molecule has 9 heteroatoms. The second kappa shape index (κ2) is 4.09. The first-order chi connectivity index (χ1) is 8.23. The Bertz CT molecular complexity index is 476. The summed E-state index contributed by atoms with van der Waals surface area (Å²) < 4.78 is 37.3. The van der Waals surface area contributed by atoms with Gasteiger partial charge in [0.15, 0.2) is 11.4 Å². The quantitative estimate of drug-likeness (QED) is 0.853. The fourth-order valence-corrected chi connectivity index (χ4v) is 2.38. The highest BCUT2D eigenvalue weighted by Crippen LogP contribution is 2.38. The Hall–Kier alpha value is -1.35. The summed E-state index contributed by atoms with van der Waals surface area (Å²) in [7, 11) is 1.47. The molecule has 1 N–H and O–H groups in total. The van der Waals surface area contributed by atoms with Gasteiger partial charge in [-0.3, -0.25) is 0 Å². The molecule has 1 aliphatic rings. The van der Waals surface area contributed by atoms with Gasteiger partial charge in [0.1, 0.15) is 4.88 Å². The number of amides is 2. The van der Waals surface area contributed by atoms with Gasteiger partial charge in [-0.25, -0.2) is 14.7 Å². The summed E-state index contributed by atoms with van der Waals surface area (Å²) in [6.07, 6.45) is -5.04.